The maximum Gasteiger partial charge on any atom is 0.325 e. The number of carboxylic acids is 2. The first kappa shape index (κ1) is 24.3. The molecule has 5 atom stereocenters. The standard InChI is InChI=1S/C18H30N4O7/c1-4-9(2)14(19)16(26)21-11(8-13(23)24)17(27)22-7-5-6-12(22)15(25)20-10(3)18(28)29/h9-12,14H,4-8,19H2,1-3H3,(H,20,25)(H,21,26)(H,23,24)(H,28,29). The molecule has 29 heavy (non-hydrogen) atoms. The molecule has 0 aromatic carbocycles. The third-order valence-corrected chi connectivity index (χ3v) is 5.12. The van der Waals surface area contributed by atoms with E-state index in [1.165, 1.54) is 11.8 Å². The van der Waals surface area contributed by atoms with E-state index >= 15 is 0 Å². The van der Waals surface area contributed by atoms with E-state index in [1.807, 2.05) is 6.92 Å². The quantitative estimate of drug-likeness (QED) is 0.299. The van der Waals surface area contributed by atoms with Gasteiger partial charge in [-0.1, -0.05) is 20.3 Å². The van der Waals surface area contributed by atoms with Crippen molar-refractivity contribution in [3.8, 4) is 0 Å². The van der Waals surface area contributed by atoms with Crippen LogP contribution < -0.4 is 16.4 Å². The Morgan fingerprint density at radius 1 is 1.14 bits per heavy atom. The zero-order chi connectivity index (χ0) is 22.3. The van der Waals surface area contributed by atoms with Crippen molar-refractivity contribution in [2.24, 2.45) is 11.7 Å². The number of carbonyl (C=O) groups excluding carboxylic acids is 3. The number of carbonyl (C=O) groups is 5. The Bertz CT molecular complexity index is 654. The lowest BCUT2D eigenvalue weighted by atomic mass is 9.99. The maximum absolute atomic E-state index is 12.9. The minimum atomic E-state index is -1.37. The summed E-state index contributed by atoms with van der Waals surface area (Å²) in [4.78, 5) is 61.0. The van der Waals surface area contributed by atoms with Crippen molar-refractivity contribution in [3.05, 3.63) is 0 Å². The predicted molar refractivity (Wildman–Crippen MR) is 102 cm³/mol. The summed E-state index contributed by atoms with van der Waals surface area (Å²) in [6.07, 6.45) is 0.770. The van der Waals surface area contributed by atoms with Crippen LogP contribution in [0, 0.1) is 5.92 Å². The molecule has 0 saturated carbocycles. The minimum Gasteiger partial charge on any atom is -0.481 e. The second-order valence-electron chi connectivity index (χ2n) is 7.33. The summed E-state index contributed by atoms with van der Waals surface area (Å²) in [6.45, 7) is 5.11. The first-order chi connectivity index (χ1) is 13.5. The number of carboxylic acid groups (broad SMARTS) is 2. The topological polar surface area (TPSA) is 179 Å². The molecule has 1 saturated heterocycles. The van der Waals surface area contributed by atoms with Crippen molar-refractivity contribution >= 4 is 29.7 Å². The number of aliphatic carboxylic acids is 2. The highest BCUT2D eigenvalue weighted by Crippen LogP contribution is 2.20. The Kier molecular flexibility index (Phi) is 9.02. The summed E-state index contributed by atoms with van der Waals surface area (Å²) >= 11 is 0. The largest absolute Gasteiger partial charge is 0.481 e. The van der Waals surface area contributed by atoms with E-state index in [9.17, 15) is 24.0 Å². The molecule has 164 valence electrons. The predicted octanol–water partition coefficient (Wildman–Crippen LogP) is -1.10. The number of hydrogen-bond acceptors (Lipinski definition) is 6. The lowest BCUT2D eigenvalue weighted by Crippen LogP contribution is -2.57. The molecule has 0 spiro atoms. The number of hydrogen-bond donors (Lipinski definition) is 5. The van der Waals surface area contributed by atoms with Crippen LogP contribution in [0.5, 0.6) is 0 Å². The molecule has 11 nitrogen and oxygen atoms in total. The first-order valence-corrected chi connectivity index (χ1v) is 9.60. The van der Waals surface area contributed by atoms with E-state index in [0.29, 0.717) is 19.3 Å². The monoisotopic (exact) mass is 414 g/mol. The van der Waals surface area contributed by atoms with Crippen LogP contribution in [-0.2, 0) is 24.0 Å². The lowest BCUT2D eigenvalue weighted by molar-refractivity contribution is -0.147. The Hall–Kier alpha value is -2.69. The molecule has 3 amide bonds. The van der Waals surface area contributed by atoms with Gasteiger partial charge in [0.25, 0.3) is 0 Å². The van der Waals surface area contributed by atoms with Gasteiger partial charge < -0.3 is 31.5 Å². The van der Waals surface area contributed by atoms with Crippen LogP contribution in [0.15, 0.2) is 0 Å². The number of likely N-dealkylation sites (tertiary alicyclic amines) is 1. The van der Waals surface area contributed by atoms with Gasteiger partial charge in [0.15, 0.2) is 0 Å². The molecule has 0 aromatic rings. The summed E-state index contributed by atoms with van der Waals surface area (Å²) in [7, 11) is 0. The fourth-order valence-electron chi connectivity index (χ4n) is 3.03. The maximum atomic E-state index is 12.9. The molecular weight excluding hydrogens is 384 g/mol. The smallest absolute Gasteiger partial charge is 0.325 e. The van der Waals surface area contributed by atoms with Crippen LogP contribution in [0.1, 0.15) is 46.5 Å². The molecule has 1 aliphatic rings. The highest BCUT2D eigenvalue weighted by atomic mass is 16.4. The molecule has 1 heterocycles. The Balaban J connectivity index is 2.94. The van der Waals surface area contributed by atoms with Gasteiger partial charge in [0.1, 0.15) is 18.1 Å². The van der Waals surface area contributed by atoms with E-state index in [0.717, 1.165) is 0 Å². The van der Waals surface area contributed by atoms with Crippen LogP contribution in [0.2, 0.25) is 0 Å². The van der Waals surface area contributed by atoms with Crippen molar-refractivity contribution in [1.29, 1.82) is 0 Å². The van der Waals surface area contributed by atoms with Gasteiger partial charge in [-0.05, 0) is 25.7 Å². The van der Waals surface area contributed by atoms with Gasteiger partial charge in [-0.25, -0.2) is 0 Å². The van der Waals surface area contributed by atoms with Gasteiger partial charge in [0.05, 0.1) is 12.5 Å². The number of nitrogens with two attached hydrogens (primary N) is 1. The summed E-state index contributed by atoms with van der Waals surface area (Å²) in [5, 5.41) is 22.8. The molecule has 11 heteroatoms. The van der Waals surface area contributed by atoms with Crippen LogP contribution in [0.25, 0.3) is 0 Å². The molecular formula is C18H30N4O7. The van der Waals surface area contributed by atoms with Crippen molar-refractivity contribution in [2.45, 2.75) is 70.6 Å². The molecule has 5 unspecified atom stereocenters. The average molecular weight is 414 g/mol. The molecule has 0 bridgehead atoms. The van der Waals surface area contributed by atoms with Gasteiger partial charge >= 0.3 is 11.9 Å². The van der Waals surface area contributed by atoms with E-state index in [4.69, 9.17) is 15.9 Å². The fraction of sp³-hybridized carbons (Fsp3) is 0.722. The third-order valence-electron chi connectivity index (χ3n) is 5.12. The molecule has 6 N–H and O–H groups in total. The molecule has 1 aliphatic heterocycles. The van der Waals surface area contributed by atoms with Crippen LogP contribution >= 0.6 is 0 Å². The second kappa shape index (κ2) is 10.7. The minimum absolute atomic E-state index is 0.168. The highest BCUT2D eigenvalue weighted by Gasteiger charge is 2.39. The van der Waals surface area contributed by atoms with E-state index in [-0.39, 0.29) is 12.5 Å². The van der Waals surface area contributed by atoms with E-state index < -0.39 is 60.2 Å². The van der Waals surface area contributed by atoms with E-state index in [1.54, 1.807) is 6.92 Å². The average Bonchev–Trinajstić information content (AvgIpc) is 3.14. The van der Waals surface area contributed by atoms with Crippen molar-refractivity contribution < 1.29 is 34.2 Å². The zero-order valence-corrected chi connectivity index (χ0v) is 16.9. The SMILES string of the molecule is CCC(C)C(N)C(=O)NC(CC(=O)O)C(=O)N1CCCC1C(=O)NC(C)C(=O)O. The lowest BCUT2D eigenvalue weighted by Gasteiger charge is -2.29. The molecule has 0 aliphatic carbocycles. The number of nitrogens with zero attached hydrogens (tertiary/aromatic N) is 1. The number of rotatable bonds is 10. The van der Waals surface area contributed by atoms with Gasteiger partial charge in [0, 0.05) is 6.54 Å². The Labute approximate surface area is 169 Å². The van der Waals surface area contributed by atoms with Crippen molar-refractivity contribution in [1.82, 2.24) is 15.5 Å². The van der Waals surface area contributed by atoms with Crippen molar-refractivity contribution in [2.75, 3.05) is 6.54 Å². The van der Waals surface area contributed by atoms with Gasteiger partial charge in [-0.3, -0.25) is 24.0 Å². The number of amides is 3. The van der Waals surface area contributed by atoms with Gasteiger partial charge in [-0.15, -0.1) is 0 Å². The van der Waals surface area contributed by atoms with Gasteiger partial charge in [-0.2, -0.15) is 0 Å². The summed E-state index contributed by atoms with van der Waals surface area (Å²) < 4.78 is 0. The number of nitrogens with one attached hydrogen (secondary N) is 2. The zero-order valence-electron chi connectivity index (χ0n) is 16.9. The molecule has 0 aromatic heterocycles. The fourth-order valence-corrected chi connectivity index (χ4v) is 3.03. The summed E-state index contributed by atoms with van der Waals surface area (Å²) in [5.41, 5.74) is 5.86. The van der Waals surface area contributed by atoms with Crippen molar-refractivity contribution in [3.63, 3.8) is 0 Å². The molecule has 1 rings (SSSR count). The Morgan fingerprint density at radius 2 is 1.76 bits per heavy atom. The van der Waals surface area contributed by atoms with Crippen LogP contribution in [0.4, 0.5) is 0 Å². The first-order valence-electron chi connectivity index (χ1n) is 9.60. The molecule has 1 fully saturated rings. The highest BCUT2D eigenvalue weighted by molar-refractivity contribution is 5.96. The normalized spacial score (nSPS) is 20.3. The third kappa shape index (κ3) is 6.70. The summed E-state index contributed by atoms with van der Waals surface area (Å²) in [6, 6.07) is -4.34. The van der Waals surface area contributed by atoms with Crippen LogP contribution in [-0.4, -0.2) is 75.5 Å². The second-order valence-corrected chi connectivity index (χ2v) is 7.33. The van der Waals surface area contributed by atoms with E-state index in [2.05, 4.69) is 10.6 Å². The molecule has 0 radical (unpaired) electrons. The van der Waals surface area contributed by atoms with Gasteiger partial charge in [0.2, 0.25) is 17.7 Å². The summed E-state index contributed by atoms with van der Waals surface area (Å²) in [5.74, 6) is -4.66. The van der Waals surface area contributed by atoms with Crippen LogP contribution in [0.3, 0.4) is 0 Å². The Morgan fingerprint density at radius 3 is 2.28 bits per heavy atom.